The van der Waals surface area contributed by atoms with Crippen molar-refractivity contribution in [1.29, 1.82) is 5.26 Å². The van der Waals surface area contributed by atoms with Gasteiger partial charge in [-0.05, 0) is 35.4 Å². The van der Waals surface area contributed by atoms with Gasteiger partial charge in [-0.1, -0.05) is 24.3 Å². The Morgan fingerprint density at radius 2 is 1.67 bits per heavy atom. The van der Waals surface area contributed by atoms with Crippen LogP contribution in [0.15, 0.2) is 48.5 Å². The molecule has 0 aliphatic carbocycles. The molecule has 0 spiro atoms. The van der Waals surface area contributed by atoms with Crippen molar-refractivity contribution in [2.45, 2.75) is 18.9 Å². The summed E-state index contributed by atoms with van der Waals surface area (Å²) in [5.41, 5.74) is 1.77. The lowest BCUT2D eigenvalue weighted by atomic mass is 10.0. The largest absolute Gasteiger partial charge is 0.480 e. The lowest BCUT2D eigenvalue weighted by Crippen LogP contribution is -2.43. The molecule has 2 N–H and O–H groups in total. The SMILES string of the molecule is N#Cc1ccc(C[C@@H](NC(=O)Cc2ccc(F)cc2)C(=O)O)cc1. The van der Waals surface area contributed by atoms with E-state index in [9.17, 15) is 19.1 Å². The topological polar surface area (TPSA) is 90.2 Å². The third-order valence-electron chi connectivity index (χ3n) is 3.43. The van der Waals surface area contributed by atoms with Gasteiger partial charge in [0.05, 0.1) is 18.1 Å². The Hall–Kier alpha value is -3.20. The molecule has 0 aliphatic rings. The highest BCUT2D eigenvalue weighted by Crippen LogP contribution is 2.08. The van der Waals surface area contributed by atoms with E-state index in [2.05, 4.69) is 5.32 Å². The second kappa shape index (κ2) is 7.88. The predicted molar refractivity (Wildman–Crippen MR) is 84.5 cm³/mol. The van der Waals surface area contributed by atoms with Gasteiger partial charge in [0.2, 0.25) is 5.91 Å². The lowest BCUT2D eigenvalue weighted by molar-refractivity contribution is -0.141. The minimum atomic E-state index is -1.15. The van der Waals surface area contributed by atoms with Gasteiger partial charge in [-0.3, -0.25) is 4.79 Å². The summed E-state index contributed by atoms with van der Waals surface area (Å²) in [5.74, 6) is -2.00. The maximum atomic E-state index is 12.8. The number of carbonyl (C=O) groups is 2. The first-order valence-corrected chi connectivity index (χ1v) is 7.23. The van der Waals surface area contributed by atoms with Crippen LogP contribution >= 0.6 is 0 Å². The van der Waals surface area contributed by atoms with Crippen molar-refractivity contribution in [3.8, 4) is 6.07 Å². The lowest BCUT2D eigenvalue weighted by Gasteiger charge is -2.15. The minimum Gasteiger partial charge on any atom is -0.480 e. The summed E-state index contributed by atoms with van der Waals surface area (Å²) >= 11 is 0. The van der Waals surface area contributed by atoms with Gasteiger partial charge in [-0.25, -0.2) is 9.18 Å². The zero-order valence-corrected chi connectivity index (χ0v) is 12.7. The van der Waals surface area contributed by atoms with Crippen LogP contribution in [0.3, 0.4) is 0 Å². The number of hydrogen-bond acceptors (Lipinski definition) is 3. The maximum Gasteiger partial charge on any atom is 0.326 e. The molecule has 1 atom stereocenters. The van der Waals surface area contributed by atoms with E-state index in [0.717, 1.165) is 0 Å². The summed E-state index contributed by atoms with van der Waals surface area (Å²) < 4.78 is 12.8. The summed E-state index contributed by atoms with van der Waals surface area (Å²) in [6.07, 6.45) is 0.0770. The molecule has 1 amide bonds. The number of nitrogens with zero attached hydrogens (tertiary/aromatic N) is 1. The van der Waals surface area contributed by atoms with E-state index < -0.39 is 23.7 Å². The molecular weight excluding hydrogens is 311 g/mol. The van der Waals surface area contributed by atoms with Crippen molar-refractivity contribution in [2.75, 3.05) is 0 Å². The monoisotopic (exact) mass is 326 g/mol. The molecule has 0 aromatic heterocycles. The van der Waals surface area contributed by atoms with Crippen LogP contribution in [0.1, 0.15) is 16.7 Å². The van der Waals surface area contributed by atoms with Crippen LogP contribution in [0.4, 0.5) is 4.39 Å². The third-order valence-corrected chi connectivity index (χ3v) is 3.43. The van der Waals surface area contributed by atoms with E-state index in [1.165, 1.54) is 24.3 Å². The van der Waals surface area contributed by atoms with Gasteiger partial charge >= 0.3 is 5.97 Å². The number of carboxylic acids is 1. The number of aliphatic carboxylic acids is 1. The summed E-state index contributed by atoms with van der Waals surface area (Å²) in [7, 11) is 0. The molecule has 0 aliphatic heterocycles. The van der Waals surface area contributed by atoms with Gasteiger partial charge in [0.1, 0.15) is 11.9 Å². The molecule has 0 bridgehead atoms. The zero-order chi connectivity index (χ0) is 17.5. The fourth-order valence-corrected chi connectivity index (χ4v) is 2.18. The molecule has 0 saturated heterocycles. The molecule has 0 radical (unpaired) electrons. The number of rotatable bonds is 6. The highest BCUT2D eigenvalue weighted by Gasteiger charge is 2.20. The van der Waals surface area contributed by atoms with Crippen LogP contribution in [0.2, 0.25) is 0 Å². The molecule has 0 fully saturated rings. The summed E-state index contributed by atoms with van der Waals surface area (Å²) in [4.78, 5) is 23.3. The van der Waals surface area contributed by atoms with E-state index in [4.69, 9.17) is 5.26 Å². The van der Waals surface area contributed by atoms with Crippen molar-refractivity contribution in [1.82, 2.24) is 5.32 Å². The fourth-order valence-electron chi connectivity index (χ4n) is 2.18. The van der Waals surface area contributed by atoms with Crippen molar-refractivity contribution >= 4 is 11.9 Å². The van der Waals surface area contributed by atoms with Crippen molar-refractivity contribution in [3.05, 3.63) is 71.0 Å². The van der Waals surface area contributed by atoms with Gasteiger partial charge in [0, 0.05) is 6.42 Å². The van der Waals surface area contributed by atoms with E-state index in [-0.39, 0.29) is 12.8 Å². The summed E-state index contributed by atoms with van der Waals surface area (Å²) in [6.45, 7) is 0. The van der Waals surface area contributed by atoms with Crippen LogP contribution in [0, 0.1) is 17.1 Å². The predicted octanol–water partition coefficient (Wildman–Crippen LogP) is 2.05. The average molecular weight is 326 g/mol. The number of benzene rings is 2. The average Bonchev–Trinajstić information content (AvgIpc) is 2.57. The first-order valence-electron chi connectivity index (χ1n) is 7.23. The van der Waals surface area contributed by atoms with Crippen molar-refractivity contribution in [3.63, 3.8) is 0 Å². The van der Waals surface area contributed by atoms with E-state index in [0.29, 0.717) is 16.7 Å². The van der Waals surface area contributed by atoms with E-state index >= 15 is 0 Å². The Balaban J connectivity index is 1.99. The number of carboxylic acid groups (broad SMARTS) is 1. The Morgan fingerprint density at radius 1 is 1.08 bits per heavy atom. The first-order chi connectivity index (χ1) is 11.5. The molecule has 122 valence electrons. The molecular formula is C18H15FN2O3. The molecule has 0 unspecified atom stereocenters. The Morgan fingerprint density at radius 3 is 2.21 bits per heavy atom. The molecule has 2 aromatic rings. The van der Waals surface area contributed by atoms with Gasteiger partial charge in [0.15, 0.2) is 0 Å². The van der Waals surface area contributed by atoms with Crippen LogP contribution in [-0.2, 0) is 22.4 Å². The van der Waals surface area contributed by atoms with Crippen LogP contribution in [0.25, 0.3) is 0 Å². The van der Waals surface area contributed by atoms with Crippen LogP contribution < -0.4 is 5.32 Å². The zero-order valence-electron chi connectivity index (χ0n) is 12.7. The molecule has 5 nitrogen and oxygen atoms in total. The summed E-state index contributed by atoms with van der Waals surface area (Å²) in [6, 6.07) is 12.8. The maximum absolute atomic E-state index is 12.8. The van der Waals surface area contributed by atoms with Gasteiger partial charge < -0.3 is 10.4 Å². The third kappa shape index (κ3) is 4.92. The molecule has 0 saturated carbocycles. The standard InChI is InChI=1S/C18H15FN2O3/c19-15-7-5-13(6-8-15)10-17(22)21-16(18(23)24)9-12-1-3-14(11-20)4-2-12/h1-8,16H,9-10H2,(H,21,22)(H,23,24)/t16-/m1/s1. The highest BCUT2D eigenvalue weighted by molar-refractivity contribution is 5.85. The van der Waals surface area contributed by atoms with Gasteiger partial charge in [-0.15, -0.1) is 0 Å². The fraction of sp³-hybridized carbons (Fsp3) is 0.167. The summed E-state index contributed by atoms with van der Waals surface area (Å²) in [5, 5.41) is 20.5. The Labute approximate surface area is 138 Å². The smallest absolute Gasteiger partial charge is 0.326 e. The number of hydrogen-bond donors (Lipinski definition) is 2. The van der Waals surface area contributed by atoms with E-state index in [1.54, 1.807) is 24.3 Å². The number of carbonyl (C=O) groups excluding carboxylic acids is 1. The van der Waals surface area contributed by atoms with Gasteiger partial charge in [0.25, 0.3) is 0 Å². The molecule has 6 heteroatoms. The molecule has 2 aromatic carbocycles. The number of halogens is 1. The van der Waals surface area contributed by atoms with Crippen molar-refractivity contribution in [2.24, 2.45) is 0 Å². The van der Waals surface area contributed by atoms with Crippen molar-refractivity contribution < 1.29 is 19.1 Å². The van der Waals surface area contributed by atoms with Crippen LogP contribution in [0.5, 0.6) is 0 Å². The number of nitriles is 1. The number of nitrogens with one attached hydrogen (secondary N) is 1. The second-order valence-electron chi connectivity index (χ2n) is 5.27. The highest BCUT2D eigenvalue weighted by atomic mass is 19.1. The second-order valence-corrected chi connectivity index (χ2v) is 5.27. The minimum absolute atomic E-state index is 0.0303. The quantitative estimate of drug-likeness (QED) is 0.850. The molecule has 24 heavy (non-hydrogen) atoms. The molecule has 0 heterocycles. The van der Waals surface area contributed by atoms with Gasteiger partial charge in [-0.2, -0.15) is 5.26 Å². The Bertz CT molecular complexity index is 764. The molecule has 2 rings (SSSR count). The van der Waals surface area contributed by atoms with E-state index in [1.807, 2.05) is 6.07 Å². The van der Waals surface area contributed by atoms with Crippen LogP contribution in [-0.4, -0.2) is 23.0 Å². The Kier molecular flexibility index (Phi) is 5.63. The first kappa shape index (κ1) is 17.2. The normalized spacial score (nSPS) is 11.3. The number of amides is 1.